The number of aliphatic carboxylic acids is 1. The van der Waals surface area contributed by atoms with Gasteiger partial charge in [0, 0.05) is 12.1 Å². The van der Waals surface area contributed by atoms with Gasteiger partial charge in [-0.3, -0.25) is 4.79 Å². The van der Waals surface area contributed by atoms with Gasteiger partial charge in [0.2, 0.25) is 0 Å². The third kappa shape index (κ3) is 3.39. The number of carbonyl (C=O) groups excluding carboxylic acids is 1. The largest absolute Gasteiger partial charge is 0.481 e. The molecule has 4 atom stereocenters. The lowest BCUT2D eigenvalue weighted by atomic mass is 9.84. The van der Waals surface area contributed by atoms with E-state index in [0.717, 1.165) is 24.7 Å². The van der Waals surface area contributed by atoms with Crippen LogP contribution in [0.15, 0.2) is 0 Å². The van der Waals surface area contributed by atoms with Crippen molar-refractivity contribution in [1.82, 2.24) is 10.6 Å². The summed E-state index contributed by atoms with van der Waals surface area (Å²) in [4.78, 5) is 23.1. The van der Waals surface area contributed by atoms with Crippen LogP contribution < -0.4 is 10.6 Å². The standard InChI is InChI=1S/C17H28N2O3/c1-10(15-9-11-2-3-13(15)8-11)18-17(22)19-14-6-4-12(5-7-14)16(20)21/h10-15H,2-9H2,1H3,(H,20,21)(H2,18,19,22). The van der Waals surface area contributed by atoms with Crippen molar-refractivity contribution in [3.05, 3.63) is 0 Å². The molecule has 3 saturated carbocycles. The molecule has 3 N–H and O–H groups in total. The van der Waals surface area contributed by atoms with Crippen LogP contribution in [0.25, 0.3) is 0 Å². The minimum atomic E-state index is -0.701. The van der Waals surface area contributed by atoms with Crippen LogP contribution >= 0.6 is 0 Å². The molecule has 3 rings (SSSR count). The number of carbonyl (C=O) groups is 2. The summed E-state index contributed by atoms with van der Waals surface area (Å²) >= 11 is 0. The van der Waals surface area contributed by atoms with Crippen molar-refractivity contribution in [3.8, 4) is 0 Å². The molecule has 5 heteroatoms. The molecule has 2 amide bonds. The molecule has 0 aliphatic heterocycles. The highest BCUT2D eigenvalue weighted by molar-refractivity contribution is 5.74. The Morgan fingerprint density at radius 3 is 2.32 bits per heavy atom. The van der Waals surface area contributed by atoms with Crippen LogP contribution in [0.5, 0.6) is 0 Å². The molecule has 0 radical (unpaired) electrons. The van der Waals surface area contributed by atoms with Crippen LogP contribution in [0.4, 0.5) is 4.79 Å². The molecule has 0 saturated heterocycles. The Kier molecular flexibility index (Phi) is 4.59. The number of amides is 2. The maximum absolute atomic E-state index is 12.2. The normalized spacial score (nSPS) is 38.5. The Balaban J connectivity index is 1.40. The summed E-state index contributed by atoms with van der Waals surface area (Å²) in [7, 11) is 0. The number of carboxylic acids is 1. The molecule has 0 aromatic heterocycles. The van der Waals surface area contributed by atoms with E-state index < -0.39 is 5.97 Å². The van der Waals surface area contributed by atoms with Gasteiger partial charge in [-0.15, -0.1) is 0 Å². The molecule has 0 spiro atoms. The quantitative estimate of drug-likeness (QED) is 0.747. The van der Waals surface area contributed by atoms with Gasteiger partial charge in [-0.25, -0.2) is 4.79 Å². The van der Waals surface area contributed by atoms with Gasteiger partial charge in [0.1, 0.15) is 0 Å². The molecule has 4 unspecified atom stereocenters. The number of urea groups is 1. The van der Waals surface area contributed by atoms with E-state index in [4.69, 9.17) is 5.11 Å². The molecule has 0 aromatic carbocycles. The highest BCUT2D eigenvalue weighted by Crippen LogP contribution is 2.49. The summed E-state index contributed by atoms with van der Waals surface area (Å²) in [6.45, 7) is 2.13. The molecule has 3 fully saturated rings. The van der Waals surface area contributed by atoms with Crippen LogP contribution in [-0.4, -0.2) is 29.2 Å². The van der Waals surface area contributed by atoms with Crippen LogP contribution in [0.2, 0.25) is 0 Å². The lowest BCUT2D eigenvalue weighted by Gasteiger charge is -2.30. The fourth-order valence-corrected chi connectivity index (χ4v) is 4.93. The Hall–Kier alpha value is -1.26. The van der Waals surface area contributed by atoms with Gasteiger partial charge < -0.3 is 15.7 Å². The zero-order valence-corrected chi connectivity index (χ0v) is 13.4. The van der Waals surface area contributed by atoms with Crippen LogP contribution in [0.3, 0.4) is 0 Å². The molecular weight excluding hydrogens is 280 g/mol. The van der Waals surface area contributed by atoms with Gasteiger partial charge in [-0.05, 0) is 69.6 Å². The number of rotatable bonds is 4. The van der Waals surface area contributed by atoms with E-state index in [9.17, 15) is 9.59 Å². The van der Waals surface area contributed by atoms with Gasteiger partial charge >= 0.3 is 12.0 Å². The maximum Gasteiger partial charge on any atom is 0.315 e. The second-order valence-corrected chi connectivity index (χ2v) is 7.63. The fraction of sp³-hybridized carbons (Fsp3) is 0.882. The predicted octanol–water partition coefficient (Wildman–Crippen LogP) is 2.75. The zero-order chi connectivity index (χ0) is 15.7. The van der Waals surface area contributed by atoms with Crippen LogP contribution in [0.1, 0.15) is 58.3 Å². The summed E-state index contributed by atoms with van der Waals surface area (Å²) in [5.41, 5.74) is 0. The molecular formula is C17H28N2O3. The van der Waals surface area contributed by atoms with E-state index in [1.165, 1.54) is 25.7 Å². The number of carboxylic acid groups (broad SMARTS) is 1. The molecule has 0 aromatic rings. The van der Waals surface area contributed by atoms with Crippen molar-refractivity contribution in [2.75, 3.05) is 0 Å². The fourth-order valence-electron chi connectivity index (χ4n) is 4.93. The third-order valence-electron chi connectivity index (χ3n) is 6.21. The van der Waals surface area contributed by atoms with Crippen LogP contribution in [-0.2, 0) is 4.79 Å². The molecule has 5 nitrogen and oxygen atoms in total. The smallest absolute Gasteiger partial charge is 0.315 e. The molecule has 3 aliphatic carbocycles. The van der Waals surface area contributed by atoms with Crippen molar-refractivity contribution < 1.29 is 14.7 Å². The maximum atomic E-state index is 12.2. The average Bonchev–Trinajstić information content (AvgIpc) is 3.10. The summed E-state index contributed by atoms with van der Waals surface area (Å²) in [6.07, 6.45) is 8.23. The highest BCUT2D eigenvalue weighted by Gasteiger charge is 2.42. The van der Waals surface area contributed by atoms with E-state index in [1.54, 1.807) is 0 Å². The number of hydrogen-bond donors (Lipinski definition) is 3. The summed E-state index contributed by atoms with van der Waals surface area (Å²) in [5, 5.41) is 15.2. The van der Waals surface area contributed by atoms with Gasteiger partial charge in [0.25, 0.3) is 0 Å². The molecule has 124 valence electrons. The van der Waals surface area contributed by atoms with Crippen molar-refractivity contribution in [2.45, 2.75) is 70.4 Å². The predicted molar refractivity (Wildman–Crippen MR) is 83.4 cm³/mol. The first-order valence-corrected chi connectivity index (χ1v) is 8.82. The van der Waals surface area contributed by atoms with Gasteiger partial charge in [-0.2, -0.15) is 0 Å². The van der Waals surface area contributed by atoms with Gasteiger partial charge in [-0.1, -0.05) is 6.42 Å². The second kappa shape index (κ2) is 6.47. The van der Waals surface area contributed by atoms with Crippen molar-refractivity contribution >= 4 is 12.0 Å². The topological polar surface area (TPSA) is 78.4 Å². The molecule has 3 aliphatic rings. The van der Waals surface area contributed by atoms with Crippen LogP contribution in [0, 0.1) is 23.7 Å². The average molecular weight is 308 g/mol. The molecule has 22 heavy (non-hydrogen) atoms. The second-order valence-electron chi connectivity index (χ2n) is 7.63. The Labute approximate surface area is 132 Å². The lowest BCUT2D eigenvalue weighted by Crippen LogP contribution is -2.49. The van der Waals surface area contributed by atoms with E-state index in [2.05, 4.69) is 17.6 Å². The lowest BCUT2D eigenvalue weighted by molar-refractivity contribution is -0.142. The first-order chi connectivity index (χ1) is 10.5. The van der Waals surface area contributed by atoms with E-state index in [0.29, 0.717) is 18.8 Å². The minimum absolute atomic E-state index is 0.0750. The first-order valence-electron chi connectivity index (χ1n) is 8.82. The SMILES string of the molecule is CC(NC(=O)NC1CCC(C(=O)O)CC1)C1CC2CCC1C2. The number of fused-ring (bicyclic) bond motifs is 2. The Morgan fingerprint density at radius 2 is 1.77 bits per heavy atom. The van der Waals surface area contributed by atoms with Crippen molar-refractivity contribution in [3.63, 3.8) is 0 Å². The highest BCUT2D eigenvalue weighted by atomic mass is 16.4. The zero-order valence-electron chi connectivity index (χ0n) is 13.4. The first kappa shape index (κ1) is 15.6. The summed E-state index contributed by atoms with van der Waals surface area (Å²) in [5.74, 6) is 1.43. The Bertz CT molecular complexity index is 432. The van der Waals surface area contributed by atoms with Crippen molar-refractivity contribution in [1.29, 1.82) is 0 Å². The number of hydrogen-bond acceptors (Lipinski definition) is 2. The summed E-state index contributed by atoms with van der Waals surface area (Å²) in [6, 6.07) is 0.294. The van der Waals surface area contributed by atoms with Gasteiger partial charge in [0.15, 0.2) is 0 Å². The van der Waals surface area contributed by atoms with Crippen molar-refractivity contribution in [2.24, 2.45) is 23.7 Å². The Morgan fingerprint density at radius 1 is 1.05 bits per heavy atom. The monoisotopic (exact) mass is 308 g/mol. The number of nitrogens with one attached hydrogen (secondary N) is 2. The van der Waals surface area contributed by atoms with E-state index >= 15 is 0 Å². The van der Waals surface area contributed by atoms with E-state index in [1.807, 2.05) is 0 Å². The van der Waals surface area contributed by atoms with E-state index in [-0.39, 0.29) is 24.0 Å². The minimum Gasteiger partial charge on any atom is -0.481 e. The molecule has 0 heterocycles. The third-order valence-corrected chi connectivity index (χ3v) is 6.21. The summed E-state index contributed by atoms with van der Waals surface area (Å²) < 4.78 is 0. The van der Waals surface area contributed by atoms with Gasteiger partial charge in [0.05, 0.1) is 5.92 Å². The molecule has 2 bridgehead atoms.